The molecule has 0 bridgehead atoms. The molecule has 1 saturated heterocycles. The van der Waals surface area contributed by atoms with Crippen LogP contribution in [0, 0.1) is 0 Å². The van der Waals surface area contributed by atoms with Crippen LogP contribution in [0.4, 0.5) is 5.69 Å². The van der Waals surface area contributed by atoms with Crippen molar-refractivity contribution in [1.82, 2.24) is 4.90 Å². The lowest BCUT2D eigenvalue weighted by atomic mass is 10.00. The van der Waals surface area contributed by atoms with Crippen LogP contribution in [0.3, 0.4) is 0 Å². The molecule has 4 rings (SSSR count). The first-order valence-electron chi connectivity index (χ1n) is 9.18. The number of aliphatic imine (C=N–C) groups is 1. The molecule has 5 heteroatoms. The molecule has 0 atom stereocenters. The van der Waals surface area contributed by atoms with Crippen molar-refractivity contribution in [3.63, 3.8) is 0 Å². The topological polar surface area (TPSA) is 75.8 Å². The molecule has 27 heavy (non-hydrogen) atoms. The molecular weight excluding hydrogens is 338 g/mol. The standard InChI is InChI=1S/C22H21N3O2/c23-21(26)18-13-17-5-1-2-6-19(17)24-20(14-18)15-7-9-16(10-8-15)22(27)25-11-3-4-12-25/h1-2,5-10,13H,3-4,11-12,14H2,(H2,23,26). The summed E-state index contributed by atoms with van der Waals surface area (Å²) in [7, 11) is 0. The zero-order valence-electron chi connectivity index (χ0n) is 15.0. The Hall–Kier alpha value is -3.21. The minimum Gasteiger partial charge on any atom is -0.366 e. The van der Waals surface area contributed by atoms with Gasteiger partial charge < -0.3 is 10.6 Å². The highest BCUT2D eigenvalue weighted by Gasteiger charge is 2.20. The predicted molar refractivity (Wildman–Crippen MR) is 106 cm³/mol. The highest BCUT2D eigenvalue weighted by molar-refractivity contribution is 6.11. The first-order chi connectivity index (χ1) is 13.1. The zero-order valence-corrected chi connectivity index (χ0v) is 15.0. The summed E-state index contributed by atoms with van der Waals surface area (Å²) in [4.78, 5) is 31.0. The number of amides is 2. The van der Waals surface area contributed by atoms with Crippen LogP contribution in [-0.4, -0.2) is 35.5 Å². The van der Waals surface area contributed by atoms with Crippen LogP contribution in [-0.2, 0) is 4.79 Å². The van der Waals surface area contributed by atoms with E-state index in [2.05, 4.69) is 0 Å². The van der Waals surface area contributed by atoms with Crippen molar-refractivity contribution in [1.29, 1.82) is 0 Å². The van der Waals surface area contributed by atoms with Gasteiger partial charge in [-0.1, -0.05) is 30.3 Å². The van der Waals surface area contributed by atoms with Crippen LogP contribution < -0.4 is 5.73 Å². The first kappa shape index (κ1) is 17.2. The molecule has 0 saturated carbocycles. The maximum atomic E-state index is 12.5. The summed E-state index contributed by atoms with van der Waals surface area (Å²) in [6.45, 7) is 1.66. The summed E-state index contributed by atoms with van der Waals surface area (Å²) in [5, 5.41) is 0. The Kier molecular flexibility index (Phi) is 4.59. The lowest BCUT2D eigenvalue weighted by Crippen LogP contribution is -2.27. The molecule has 0 unspecified atom stereocenters. The number of hydrogen-bond donors (Lipinski definition) is 1. The number of carbonyl (C=O) groups excluding carboxylic acids is 2. The van der Waals surface area contributed by atoms with E-state index in [4.69, 9.17) is 10.7 Å². The monoisotopic (exact) mass is 359 g/mol. The Labute approximate surface area is 158 Å². The van der Waals surface area contributed by atoms with Gasteiger partial charge in [-0.25, -0.2) is 0 Å². The third-order valence-electron chi connectivity index (χ3n) is 5.05. The quantitative estimate of drug-likeness (QED) is 0.913. The number of para-hydroxylation sites is 1. The fourth-order valence-electron chi connectivity index (χ4n) is 3.55. The molecule has 2 heterocycles. The number of likely N-dealkylation sites (tertiary alicyclic amines) is 1. The molecule has 0 radical (unpaired) electrons. The Morgan fingerprint density at radius 3 is 2.37 bits per heavy atom. The Morgan fingerprint density at radius 1 is 0.963 bits per heavy atom. The van der Waals surface area contributed by atoms with E-state index in [9.17, 15) is 9.59 Å². The number of carbonyl (C=O) groups is 2. The fourth-order valence-corrected chi connectivity index (χ4v) is 3.55. The van der Waals surface area contributed by atoms with Crippen LogP contribution >= 0.6 is 0 Å². The van der Waals surface area contributed by atoms with E-state index in [0.717, 1.165) is 48.5 Å². The van der Waals surface area contributed by atoms with Crippen molar-refractivity contribution in [2.75, 3.05) is 13.1 Å². The Morgan fingerprint density at radius 2 is 1.67 bits per heavy atom. The van der Waals surface area contributed by atoms with E-state index < -0.39 is 5.91 Å². The van der Waals surface area contributed by atoms with Crippen LogP contribution in [0.25, 0.3) is 6.08 Å². The molecule has 2 aromatic rings. The van der Waals surface area contributed by atoms with Gasteiger partial charge in [0.25, 0.3) is 5.91 Å². The van der Waals surface area contributed by atoms with Gasteiger partial charge in [-0.3, -0.25) is 14.6 Å². The van der Waals surface area contributed by atoms with E-state index in [1.54, 1.807) is 6.08 Å². The normalized spacial score (nSPS) is 16.2. The summed E-state index contributed by atoms with van der Waals surface area (Å²) in [5.41, 5.74) is 10.1. The minimum absolute atomic E-state index is 0.0740. The van der Waals surface area contributed by atoms with Crippen LogP contribution in [0.5, 0.6) is 0 Å². The Balaban J connectivity index is 1.66. The second-order valence-electron chi connectivity index (χ2n) is 6.90. The molecule has 0 spiro atoms. The number of hydrogen-bond acceptors (Lipinski definition) is 3. The average molecular weight is 359 g/mol. The van der Waals surface area contributed by atoms with E-state index >= 15 is 0 Å². The molecule has 1 fully saturated rings. The highest BCUT2D eigenvalue weighted by Crippen LogP contribution is 2.28. The van der Waals surface area contributed by atoms with Crippen molar-refractivity contribution in [2.45, 2.75) is 19.3 Å². The molecule has 136 valence electrons. The number of fused-ring (bicyclic) bond motifs is 1. The largest absolute Gasteiger partial charge is 0.366 e. The van der Waals surface area contributed by atoms with Crippen molar-refractivity contribution >= 4 is 29.3 Å². The summed E-state index contributed by atoms with van der Waals surface area (Å²) < 4.78 is 0. The lowest BCUT2D eigenvalue weighted by molar-refractivity contribution is -0.114. The average Bonchev–Trinajstić information content (AvgIpc) is 3.14. The van der Waals surface area contributed by atoms with Crippen molar-refractivity contribution in [3.05, 3.63) is 70.8 Å². The van der Waals surface area contributed by atoms with Gasteiger partial charge >= 0.3 is 0 Å². The lowest BCUT2D eigenvalue weighted by Gasteiger charge is -2.15. The molecule has 2 aliphatic rings. The second-order valence-corrected chi connectivity index (χ2v) is 6.90. The van der Waals surface area contributed by atoms with E-state index in [0.29, 0.717) is 17.6 Å². The van der Waals surface area contributed by atoms with Gasteiger partial charge in [-0.2, -0.15) is 0 Å². The number of benzene rings is 2. The van der Waals surface area contributed by atoms with Crippen molar-refractivity contribution < 1.29 is 9.59 Å². The summed E-state index contributed by atoms with van der Waals surface area (Å²) in [6, 6.07) is 15.1. The number of nitrogens with two attached hydrogens (primary N) is 1. The number of nitrogens with zero attached hydrogens (tertiary/aromatic N) is 2. The molecule has 2 aliphatic heterocycles. The maximum absolute atomic E-state index is 12.5. The van der Waals surface area contributed by atoms with Crippen LogP contribution in [0.1, 0.15) is 40.7 Å². The third-order valence-corrected chi connectivity index (χ3v) is 5.05. The van der Waals surface area contributed by atoms with Gasteiger partial charge in [0.2, 0.25) is 5.91 Å². The molecule has 2 amide bonds. The molecule has 2 aromatic carbocycles. The zero-order chi connectivity index (χ0) is 18.8. The summed E-state index contributed by atoms with van der Waals surface area (Å²) in [5.74, 6) is -0.370. The maximum Gasteiger partial charge on any atom is 0.253 e. The molecule has 2 N–H and O–H groups in total. The predicted octanol–water partition coefficient (Wildman–Crippen LogP) is 3.32. The van der Waals surface area contributed by atoms with Gasteiger partial charge in [-0.05, 0) is 42.7 Å². The first-order valence-corrected chi connectivity index (χ1v) is 9.18. The number of rotatable bonds is 3. The van der Waals surface area contributed by atoms with Crippen LogP contribution in [0.2, 0.25) is 0 Å². The van der Waals surface area contributed by atoms with Gasteiger partial charge in [-0.15, -0.1) is 0 Å². The number of primary amides is 1. The minimum atomic E-state index is -0.444. The van der Waals surface area contributed by atoms with Crippen molar-refractivity contribution in [3.8, 4) is 0 Å². The van der Waals surface area contributed by atoms with Gasteiger partial charge in [0, 0.05) is 36.2 Å². The molecular formula is C22H21N3O2. The van der Waals surface area contributed by atoms with E-state index in [1.807, 2.05) is 53.4 Å². The van der Waals surface area contributed by atoms with Crippen molar-refractivity contribution in [2.24, 2.45) is 10.7 Å². The van der Waals surface area contributed by atoms with E-state index in [-0.39, 0.29) is 5.91 Å². The van der Waals surface area contributed by atoms with Gasteiger partial charge in [0.1, 0.15) is 0 Å². The van der Waals surface area contributed by atoms with Gasteiger partial charge in [0.05, 0.1) is 11.4 Å². The SMILES string of the molecule is NC(=O)C1=Cc2ccccc2N=C(c2ccc(C(=O)N3CCCC3)cc2)C1. The molecule has 0 aromatic heterocycles. The fraction of sp³-hybridized carbons (Fsp3) is 0.227. The Bertz CT molecular complexity index is 952. The smallest absolute Gasteiger partial charge is 0.253 e. The summed E-state index contributed by atoms with van der Waals surface area (Å²) in [6.07, 6.45) is 4.31. The van der Waals surface area contributed by atoms with E-state index in [1.165, 1.54) is 0 Å². The third kappa shape index (κ3) is 3.53. The summed E-state index contributed by atoms with van der Waals surface area (Å²) >= 11 is 0. The molecule has 5 nitrogen and oxygen atoms in total. The van der Waals surface area contributed by atoms with Gasteiger partial charge in [0.15, 0.2) is 0 Å². The molecule has 0 aliphatic carbocycles. The highest BCUT2D eigenvalue weighted by atomic mass is 16.2. The second kappa shape index (κ2) is 7.19. The van der Waals surface area contributed by atoms with Crippen LogP contribution in [0.15, 0.2) is 59.1 Å².